The Bertz CT molecular complexity index is 690. The average molecular weight is 373 g/mol. The number of rotatable bonds is 4. The maximum atomic E-state index is 13.5. The normalized spacial score (nSPS) is 10.2. The van der Waals surface area contributed by atoms with E-state index in [1.165, 1.54) is 12.1 Å². The van der Waals surface area contributed by atoms with Crippen LogP contribution in [-0.4, -0.2) is 17.1 Å². The highest BCUT2D eigenvalue weighted by Gasteiger charge is 2.14. The molecule has 0 fully saturated rings. The maximum Gasteiger partial charge on any atom is 0.338 e. The summed E-state index contributed by atoms with van der Waals surface area (Å²) >= 11 is 4.32. The summed E-state index contributed by atoms with van der Waals surface area (Å²) in [7, 11) is 0. The van der Waals surface area contributed by atoms with Crippen molar-refractivity contribution in [1.29, 1.82) is 0 Å². The molecule has 0 saturated carbocycles. The van der Waals surface area contributed by atoms with Crippen LogP contribution in [-0.2, 0) is 6.54 Å². The summed E-state index contributed by atoms with van der Waals surface area (Å²) in [5.74, 6) is -1.55. The quantitative estimate of drug-likeness (QED) is 0.765. The fraction of sp³-hybridized carbons (Fsp3) is 0.0769. The molecule has 110 valence electrons. The van der Waals surface area contributed by atoms with Crippen LogP contribution in [0.25, 0.3) is 0 Å². The maximum absolute atomic E-state index is 13.5. The summed E-state index contributed by atoms with van der Waals surface area (Å²) in [6.45, 7) is -0.00904. The molecule has 0 spiro atoms. The Hall–Kier alpha value is -1.93. The molecular formula is C13H10BrFN2O3S. The molecule has 0 bridgehead atoms. The molecule has 0 radical (unpaired) electrons. The van der Waals surface area contributed by atoms with Gasteiger partial charge in [0.05, 0.1) is 5.56 Å². The van der Waals surface area contributed by atoms with E-state index in [4.69, 9.17) is 5.11 Å². The van der Waals surface area contributed by atoms with Crippen LogP contribution < -0.4 is 10.6 Å². The number of carbonyl (C=O) groups is 2. The van der Waals surface area contributed by atoms with Gasteiger partial charge in [-0.3, -0.25) is 5.32 Å². The fourth-order valence-electron chi connectivity index (χ4n) is 1.58. The standard InChI is InChI=1S/C13H10BrFN2O3S/c14-8-1-2-10(15)7(5-8)6-16-13(20)17-11-9(12(18)19)3-4-21-11/h1-5H,6H2,(H,18,19)(H2,16,17,20). The first kappa shape index (κ1) is 15.5. The molecule has 0 atom stereocenters. The second-order valence-corrected chi connectivity index (χ2v) is 5.84. The zero-order valence-electron chi connectivity index (χ0n) is 10.5. The van der Waals surface area contributed by atoms with Crippen molar-refractivity contribution in [2.75, 3.05) is 5.32 Å². The van der Waals surface area contributed by atoms with Crippen molar-refractivity contribution in [3.63, 3.8) is 0 Å². The number of nitrogens with one attached hydrogen (secondary N) is 2. The Morgan fingerprint density at radius 3 is 2.81 bits per heavy atom. The highest BCUT2D eigenvalue weighted by molar-refractivity contribution is 9.10. The number of carboxylic acids is 1. The van der Waals surface area contributed by atoms with Crippen molar-refractivity contribution in [2.45, 2.75) is 6.54 Å². The molecule has 0 saturated heterocycles. The van der Waals surface area contributed by atoms with E-state index in [9.17, 15) is 14.0 Å². The van der Waals surface area contributed by atoms with E-state index in [-0.39, 0.29) is 17.1 Å². The van der Waals surface area contributed by atoms with Crippen LogP contribution in [0.15, 0.2) is 34.1 Å². The number of halogens is 2. The third-order valence-electron chi connectivity index (χ3n) is 2.57. The highest BCUT2D eigenvalue weighted by Crippen LogP contribution is 2.23. The van der Waals surface area contributed by atoms with E-state index in [2.05, 4.69) is 26.6 Å². The first-order chi connectivity index (χ1) is 9.97. The Balaban J connectivity index is 1.98. The van der Waals surface area contributed by atoms with Gasteiger partial charge in [0.25, 0.3) is 0 Å². The zero-order chi connectivity index (χ0) is 15.4. The van der Waals surface area contributed by atoms with E-state index in [0.717, 1.165) is 11.3 Å². The molecule has 0 aliphatic rings. The minimum absolute atomic E-state index is 0.00904. The summed E-state index contributed by atoms with van der Waals surface area (Å²) in [5.41, 5.74) is 0.341. The first-order valence-corrected chi connectivity index (χ1v) is 7.44. The Morgan fingerprint density at radius 1 is 1.33 bits per heavy atom. The number of hydrogen-bond acceptors (Lipinski definition) is 3. The number of amides is 2. The van der Waals surface area contributed by atoms with Crippen molar-refractivity contribution in [3.05, 3.63) is 51.1 Å². The van der Waals surface area contributed by atoms with Crippen LogP contribution in [0.3, 0.4) is 0 Å². The summed E-state index contributed by atoms with van der Waals surface area (Å²) in [5, 5.41) is 15.6. The van der Waals surface area contributed by atoms with E-state index in [1.807, 2.05) is 0 Å². The molecule has 3 N–H and O–H groups in total. The Kier molecular flexibility index (Phi) is 4.92. The number of benzene rings is 1. The van der Waals surface area contributed by atoms with Gasteiger partial charge >= 0.3 is 12.0 Å². The smallest absolute Gasteiger partial charge is 0.338 e. The van der Waals surface area contributed by atoms with Gasteiger partial charge in [-0.2, -0.15) is 0 Å². The summed E-state index contributed by atoms with van der Waals surface area (Å²) < 4.78 is 14.2. The van der Waals surface area contributed by atoms with Gasteiger partial charge in [-0.1, -0.05) is 15.9 Å². The second-order valence-electron chi connectivity index (χ2n) is 4.01. The molecule has 1 aromatic heterocycles. The number of anilines is 1. The molecule has 0 aliphatic heterocycles. The molecule has 5 nitrogen and oxygen atoms in total. The molecule has 21 heavy (non-hydrogen) atoms. The summed E-state index contributed by atoms with van der Waals surface area (Å²) in [6, 6.07) is 5.21. The lowest BCUT2D eigenvalue weighted by Gasteiger charge is -2.08. The molecule has 2 amide bonds. The summed E-state index contributed by atoms with van der Waals surface area (Å²) in [6.07, 6.45) is 0. The lowest BCUT2D eigenvalue weighted by Crippen LogP contribution is -2.28. The monoisotopic (exact) mass is 372 g/mol. The van der Waals surface area contributed by atoms with E-state index in [1.54, 1.807) is 17.5 Å². The fourth-order valence-corrected chi connectivity index (χ4v) is 2.76. The number of urea groups is 1. The third kappa shape index (κ3) is 4.02. The highest BCUT2D eigenvalue weighted by atomic mass is 79.9. The lowest BCUT2D eigenvalue weighted by atomic mass is 10.2. The molecular weight excluding hydrogens is 363 g/mol. The van der Waals surface area contributed by atoms with Gasteiger partial charge in [-0.05, 0) is 29.6 Å². The average Bonchev–Trinajstić information content (AvgIpc) is 2.88. The molecule has 1 heterocycles. The molecule has 2 aromatic rings. The number of carbonyl (C=O) groups excluding carboxylic acids is 1. The van der Waals surface area contributed by atoms with Gasteiger partial charge in [-0.15, -0.1) is 11.3 Å². The van der Waals surface area contributed by atoms with Crippen LogP contribution >= 0.6 is 27.3 Å². The minimum atomic E-state index is -1.12. The SMILES string of the molecule is O=C(NCc1cc(Br)ccc1F)Nc1sccc1C(=O)O. The zero-order valence-corrected chi connectivity index (χ0v) is 12.9. The van der Waals surface area contributed by atoms with Crippen molar-refractivity contribution < 1.29 is 19.1 Å². The van der Waals surface area contributed by atoms with Crippen LogP contribution in [0, 0.1) is 5.82 Å². The van der Waals surface area contributed by atoms with Crippen LogP contribution in [0.5, 0.6) is 0 Å². The summed E-state index contributed by atoms with van der Waals surface area (Å²) in [4.78, 5) is 22.6. The molecule has 0 unspecified atom stereocenters. The number of thiophene rings is 1. The van der Waals surface area contributed by atoms with Crippen LogP contribution in [0.2, 0.25) is 0 Å². The van der Waals surface area contributed by atoms with Crippen molar-refractivity contribution in [2.24, 2.45) is 0 Å². The number of aromatic carboxylic acids is 1. The van der Waals surface area contributed by atoms with Gasteiger partial charge in [0.1, 0.15) is 10.8 Å². The van der Waals surface area contributed by atoms with Crippen molar-refractivity contribution in [3.8, 4) is 0 Å². The second kappa shape index (κ2) is 6.68. The van der Waals surface area contributed by atoms with E-state index in [0.29, 0.717) is 10.0 Å². The van der Waals surface area contributed by atoms with E-state index >= 15 is 0 Å². The molecule has 2 rings (SSSR count). The van der Waals surface area contributed by atoms with Crippen LogP contribution in [0.1, 0.15) is 15.9 Å². The van der Waals surface area contributed by atoms with Gasteiger partial charge in [0.15, 0.2) is 0 Å². The predicted octanol–water partition coefficient (Wildman–Crippen LogP) is 3.67. The number of hydrogen-bond donors (Lipinski definition) is 3. The van der Waals surface area contributed by atoms with Gasteiger partial charge < -0.3 is 10.4 Å². The van der Waals surface area contributed by atoms with Gasteiger partial charge in [-0.25, -0.2) is 14.0 Å². The molecule has 1 aromatic carbocycles. The van der Waals surface area contributed by atoms with E-state index < -0.39 is 17.8 Å². The minimum Gasteiger partial charge on any atom is -0.478 e. The molecule has 0 aliphatic carbocycles. The first-order valence-electron chi connectivity index (χ1n) is 5.77. The number of carboxylic acid groups (broad SMARTS) is 1. The van der Waals surface area contributed by atoms with Crippen molar-refractivity contribution >= 4 is 44.3 Å². The van der Waals surface area contributed by atoms with Crippen LogP contribution in [0.4, 0.5) is 14.2 Å². The lowest BCUT2D eigenvalue weighted by molar-refractivity contribution is 0.0698. The van der Waals surface area contributed by atoms with Crippen molar-refractivity contribution in [1.82, 2.24) is 5.32 Å². The van der Waals surface area contributed by atoms with Gasteiger partial charge in [0, 0.05) is 16.6 Å². The topological polar surface area (TPSA) is 78.4 Å². The Labute approximate surface area is 131 Å². The Morgan fingerprint density at radius 2 is 2.10 bits per heavy atom. The third-order valence-corrected chi connectivity index (χ3v) is 3.89. The predicted molar refractivity (Wildman–Crippen MR) is 81.2 cm³/mol. The largest absolute Gasteiger partial charge is 0.478 e. The molecule has 8 heteroatoms. The van der Waals surface area contributed by atoms with Gasteiger partial charge in [0.2, 0.25) is 0 Å².